The van der Waals surface area contributed by atoms with Crippen LogP contribution in [0.15, 0.2) is 45.3 Å². The zero-order valence-electron chi connectivity index (χ0n) is 21.3. The fourth-order valence-corrected chi connectivity index (χ4v) is 4.80. The van der Waals surface area contributed by atoms with Gasteiger partial charge in [0.2, 0.25) is 0 Å². The molecule has 0 aromatic heterocycles. The molecule has 0 aromatic rings. The molecule has 31 heavy (non-hydrogen) atoms. The smallest absolute Gasteiger partial charge is 0.0467 e. The molecule has 6 bridgehead atoms. The highest BCUT2D eigenvalue weighted by atomic mass is 16.5. The fourth-order valence-electron chi connectivity index (χ4n) is 4.80. The van der Waals surface area contributed by atoms with E-state index < -0.39 is 0 Å². The number of hydrogen-bond donors (Lipinski definition) is 2. The highest BCUT2D eigenvalue weighted by Gasteiger charge is 2.29. The molecule has 0 spiro atoms. The zero-order valence-corrected chi connectivity index (χ0v) is 21.3. The first kappa shape index (κ1) is 25.8. The van der Waals surface area contributed by atoms with Gasteiger partial charge in [-0.2, -0.15) is 0 Å². The molecule has 3 N–H and O–H groups in total. The Morgan fingerprint density at radius 1 is 0.871 bits per heavy atom. The molecule has 2 aliphatic heterocycles. The third-order valence-corrected chi connectivity index (χ3v) is 6.84. The summed E-state index contributed by atoms with van der Waals surface area (Å²) in [7, 11) is 1.74. The van der Waals surface area contributed by atoms with Gasteiger partial charge in [0.05, 0.1) is 0 Å². The van der Waals surface area contributed by atoms with Crippen molar-refractivity contribution in [2.45, 2.75) is 105 Å². The maximum absolute atomic E-state index is 5.88. The highest BCUT2D eigenvalue weighted by Crippen LogP contribution is 2.48. The van der Waals surface area contributed by atoms with Crippen LogP contribution in [0, 0.1) is 5.41 Å². The molecule has 2 saturated carbocycles. The number of nitrogens with one attached hydrogen (secondary N) is 1. The van der Waals surface area contributed by atoms with Crippen molar-refractivity contribution in [2.24, 2.45) is 11.1 Å². The first-order chi connectivity index (χ1) is 14.9. The SMILES string of the molecule is C1CC2=C3CCC(=C1C2)C3.CC.COCCC(C)(C)C.NC1=C2CCCC(=CC1)NC2. The Morgan fingerprint density at radius 3 is 1.87 bits per heavy atom. The molecule has 1 saturated heterocycles. The quantitative estimate of drug-likeness (QED) is 0.453. The van der Waals surface area contributed by atoms with E-state index in [4.69, 9.17) is 10.5 Å². The van der Waals surface area contributed by atoms with E-state index in [-0.39, 0.29) is 0 Å². The Morgan fingerprint density at radius 2 is 1.42 bits per heavy atom. The van der Waals surface area contributed by atoms with Gasteiger partial charge < -0.3 is 15.8 Å². The van der Waals surface area contributed by atoms with E-state index in [1.807, 2.05) is 36.1 Å². The van der Waals surface area contributed by atoms with E-state index in [2.05, 4.69) is 32.2 Å². The second-order valence-corrected chi connectivity index (χ2v) is 10.3. The van der Waals surface area contributed by atoms with Gasteiger partial charge >= 0.3 is 0 Å². The van der Waals surface area contributed by atoms with E-state index in [1.165, 1.54) is 69.1 Å². The van der Waals surface area contributed by atoms with Gasteiger partial charge in [-0.3, -0.25) is 0 Å². The molecule has 176 valence electrons. The Kier molecular flexibility index (Phi) is 10.4. The van der Waals surface area contributed by atoms with Gasteiger partial charge in [0.15, 0.2) is 0 Å². The van der Waals surface area contributed by atoms with Crippen molar-refractivity contribution in [3.05, 3.63) is 45.3 Å². The number of ether oxygens (including phenoxy) is 1. The molecule has 0 atom stereocenters. The lowest BCUT2D eigenvalue weighted by Gasteiger charge is -2.16. The van der Waals surface area contributed by atoms with Gasteiger partial charge in [-0.05, 0) is 75.2 Å². The molecule has 3 nitrogen and oxygen atoms in total. The third kappa shape index (κ3) is 8.18. The van der Waals surface area contributed by atoms with E-state index >= 15 is 0 Å². The Hall–Kier alpha value is -1.48. The molecular formula is C28H48N2O. The van der Waals surface area contributed by atoms with Gasteiger partial charge in [-0.15, -0.1) is 0 Å². The normalized spacial score (nSPS) is 21.0. The summed E-state index contributed by atoms with van der Waals surface area (Å²) in [6, 6.07) is 0. The summed E-state index contributed by atoms with van der Waals surface area (Å²) in [5.74, 6) is 0. The van der Waals surface area contributed by atoms with Crippen LogP contribution in [0.25, 0.3) is 0 Å². The van der Waals surface area contributed by atoms with Crippen LogP contribution in [0.5, 0.6) is 0 Å². The van der Waals surface area contributed by atoms with E-state index in [0.717, 1.165) is 31.7 Å². The second-order valence-electron chi connectivity index (χ2n) is 10.3. The molecule has 2 heterocycles. The minimum Gasteiger partial charge on any atom is -0.402 e. The number of hydrogen-bond acceptors (Lipinski definition) is 3. The van der Waals surface area contributed by atoms with Crippen molar-refractivity contribution in [1.82, 2.24) is 5.32 Å². The number of rotatable bonds is 2. The van der Waals surface area contributed by atoms with Gasteiger partial charge in [0.1, 0.15) is 0 Å². The minimum absolute atomic E-state index is 0.427. The summed E-state index contributed by atoms with van der Waals surface area (Å²) < 4.78 is 4.92. The van der Waals surface area contributed by atoms with Crippen LogP contribution in [0.1, 0.15) is 105 Å². The largest absolute Gasteiger partial charge is 0.402 e. The Balaban J connectivity index is 0.000000161. The molecule has 0 unspecified atom stereocenters. The number of allylic oxidation sites excluding steroid dienone is 6. The van der Waals surface area contributed by atoms with Crippen molar-refractivity contribution in [2.75, 3.05) is 20.3 Å². The molecular weight excluding hydrogens is 380 g/mol. The summed E-state index contributed by atoms with van der Waals surface area (Å²) >= 11 is 0. The van der Waals surface area contributed by atoms with Crippen molar-refractivity contribution in [1.29, 1.82) is 0 Å². The van der Waals surface area contributed by atoms with Crippen LogP contribution in [0.2, 0.25) is 0 Å². The van der Waals surface area contributed by atoms with Crippen LogP contribution in [0.3, 0.4) is 0 Å². The number of nitrogens with two attached hydrogens (primary N) is 1. The molecule has 5 aliphatic rings. The Bertz CT molecular complexity index is 664. The summed E-state index contributed by atoms with van der Waals surface area (Å²) in [6.07, 6.45) is 16.4. The van der Waals surface area contributed by atoms with Crippen molar-refractivity contribution in [3.8, 4) is 0 Å². The summed E-state index contributed by atoms with van der Waals surface area (Å²) in [5.41, 5.74) is 17.5. The van der Waals surface area contributed by atoms with Crippen LogP contribution < -0.4 is 11.1 Å². The lowest BCUT2D eigenvalue weighted by atomic mass is 9.93. The average Bonchev–Trinajstić information content (AvgIpc) is 3.22. The van der Waals surface area contributed by atoms with Gasteiger partial charge in [-0.25, -0.2) is 0 Å². The average molecular weight is 429 g/mol. The predicted molar refractivity (Wildman–Crippen MR) is 135 cm³/mol. The number of fused-ring (bicyclic) bond motifs is 7. The minimum atomic E-state index is 0.427. The summed E-state index contributed by atoms with van der Waals surface area (Å²) in [4.78, 5) is 0. The maximum Gasteiger partial charge on any atom is 0.0467 e. The second kappa shape index (κ2) is 12.5. The van der Waals surface area contributed by atoms with Gasteiger partial charge in [-0.1, -0.05) is 63.0 Å². The maximum atomic E-state index is 5.88. The van der Waals surface area contributed by atoms with Crippen molar-refractivity contribution in [3.63, 3.8) is 0 Å². The lowest BCUT2D eigenvalue weighted by molar-refractivity contribution is 0.159. The highest BCUT2D eigenvalue weighted by molar-refractivity contribution is 5.43. The third-order valence-electron chi connectivity index (χ3n) is 6.84. The first-order valence-electron chi connectivity index (χ1n) is 12.6. The molecule has 3 aliphatic carbocycles. The molecule has 0 radical (unpaired) electrons. The van der Waals surface area contributed by atoms with Crippen LogP contribution in [0.4, 0.5) is 0 Å². The van der Waals surface area contributed by atoms with Crippen LogP contribution in [-0.2, 0) is 4.74 Å². The molecule has 0 amide bonds. The van der Waals surface area contributed by atoms with Gasteiger partial charge in [0.25, 0.3) is 0 Å². The van der Waals surface area contributed by atoms with Crippen molar-refractivity contribution >= 4 is 0 Å². The van der Waals surface area contributed by atoms with E-state index in [9.17, 15) is 0 Å². The summed E-state index contributed by atoms with van der Waals surface area (Å²) in [6.45, 7) is 12.5. The lowest BCUT2D eigenvalue weighted by Crippen LogP contribution is -2.13. The van der Waals surface area contributed by atoms with Crippen molar-refractivity contribution < 1.29 is 4.74 Å². The Labute approximate surface area is 192 Å². The van der Waals surface area contributed by atoms with E-state index in [1.54, 1.807) is 7.11 Å². The molecule has 3 heteroatoms. The first-order valence-corrected chi connectivity index (χ1v) is 12.6. The van der Waals surface area contributed by atoms with E-state index in [0.29, 0.717) is 5.41 Å². The monoisotopic (exact) mass is 428 g/mol. The fraction of sp³-hybridized carbons (Fsp3) is 0.714. The zero-order chi connectivity index (χ0) is 22.9. The standard InChI is InChI=1S/C10H12.C9H14N2.C7H16O.C2H6/c1-2-8-5-7(1)9-3-4-10(8)6-9;10-9-5-4-8-3-1-2-7(9)6-11-8;1-7(2,3)5-6-8-4;1-2/h1-6H2;4,11H,1-3,5-6,10H2;5-6H2,1-4H3;1-2H3. The molecule has 3 fully saturated rings. The predicted octanol–water partition coefficient (Wildman–Crippen LogP) is 7.32. The molecule has 5 rings (SSSR count). The van der Waals surface area contributed by atoms with Crippen LogP contribution >= 0.6 is 0 Å². The van der Waals surface area contributed by atoms with Gasteiger partial charge in [0, 0.05) is 38.1 Å². The van der Waals surface area contributed by atoms with Crippen LogP contribution in [-0.4, -0.2) is 20.3 Å². The topological polar surface area (TPSA) is 47.3 Å². The number of methoxy groups -OCH3 is 1. The summed E-state index contributed by atoms with van der Waals surface area (Å²) in [5, 5.41) is 3.40. The molecule has 0 aromatic carbocycles.